The van der Waals surface area contributed by atoms with Crippen LogP contribution in [0.5, 0.6) is 0 Å². The molecule has 1 aliphatic carbocycles. The summed E-state index contributed by atoms with van der Waals surface area (Å²) in [5, 5.41) is 0.556. The zero-order valence-corrected chi connectivity index (χ0v) is 11.4. The minimum atomic E-state index is 0.376. The Morgan fingerprint density at radius 2 is 1.89 bits per heavy atom. The number of pyridine rings is 1. The van der Waals surface area contributed by atoms with E-state index in [2.05, 4.69) is 23.2 Å². The second-order valence-electron chi connectivity index (χ2n) is 5.00. The van der Waals surface area contributed by atoms with Gasteiger partial charge in [-0.25, -0.2) is 4.98 Å². The van der Waals surface area contributed by atoms with Crippen molar-refractivity contribution in [3.8, 4) is 0 Å². The van der Waals surface area contributed by atoms with Crippen molar-refractivity contribution >= 4 is 11.6 Å². The van der Waals surface area contributed by atoms with Crippen LogP contribution in [0.3, 0.4) is 0 Å². The van der Waals surface area contributed by atoms with Gasteiger partial charge in [-0.1, -0.05) is 48.0 Å². The van der Waals surface area contributed by atoms with E-state index in [9.17, 15) is 0 Å². The standard InChI is InChI=1S/C16H16ClNO/c17-16-7-6-13(10-18-16)14-8-15(9-14)19-11-12-4-2-1-3-5-12/h1-7,10,14-15H,8-9,11H2. The lowest BCUT2D eigenvalue weighted by Crippen LogP contribution is -2.29. The van der Waals surface area contributed by atoms with Crippen LogP contribution in [0, 0.1) is 0 Å². The highest BCUT2D eigenvalue weighted by molar-refractivity contribution is 6.29. The molecule has 0 radical (unpaired) electrons. The van der Waals surface area contributed by atoms with Crippen molar-refractivity contribution in [3.63, 3.8) is 0 Å². The Labute approximate surface area is 118 Å². The molecule has 1 saturated carbocycles. The lowest BCUT2D eigenvalue weighted by atomic mass is 9.78. The Morgan fingerprint density at radius 1 is 1.11 bits per heavy atom. The Hall–Kier alpha value is -1.38. The molecule has 1 aliphatic rings. The number of rotatable bonds is 4. The molecule has 1 aromatic carbocycles. The number of nitrogens with zero attached hydrogens (tertiary/aromatic N) is 1. The first kappa shape index (κ1) is 12.6. The number of ether oxygens (including phenoxy) is 1. The zero-order valence-electron chi connectivity index (χ0n) is 10.6. The van der Waals surface area contributed by atoms with Crippen molar-refractivity contribution in [2.75, 3.05) is 0 Å². The summed E-state index contributed by atoms with van der Waals surface area (Å²) in [6.07, 6.45) is 4.41. The highest BCUT2D eigenvalue weighted by atomic mass is 35.5. The van der Waals surface area contributed by atoms with Crippen LogP contribution in [0.15, 0.2) is 48.7 Å². The Bertz CT molecular complexity index is 520. The topological polar surface area (TPSA) is 22.1 Å². The highest BCUT2D eigenvalue weighted by Crippen LogP contribution is 2.38. The minimum absolute atomic E-state index is 0.376. The van der Waals surface area contributed by atoms with E-state index in [0.717, 1.165) is 12.8 Å². The minimum Gasteiger partial charge on any atom is -0.373 e. The van der Waals surface area contributed by atoms with E-state index in [1.165, 1.54) is 11.1 Å². The average molecular weight is 274 g/mol. The van der Waals surface area contributed by atoms with Gasteiger partial charge < -0.3 is 4.74 Å². The fourth-order valence-electron chi connectivity index (χ4n) is 2.39. The third-order valence-electron chi connectivity index (χ3n) is 3.65. The second kappa shape index (κ2) is 5.72. The molecule has 2 aromatic rings. The van der Waals surface area contributed by atoms with E-state index in [1.54, 1.807) is 0 Å². The Kier molecular flexibility index (Phi) is 3.81. The third-order valence-corrected chi connectivity index (χ3v) is 3.87. The van der Waals surface area contributed by atoms with Gasteiger partial charge in [0.05, 0.1) is 12.7 Å². The molecule has 0 aliphatic heterocycles. The Morgan fingerprint density at radius 3 is 2.58 bits per heavy atom. The van der Waals surface area contributed by atoms with Gasteiger partial charge in [-0.05, 0) is 36.0 Å². The van der Waals surface area contributed by atoms with Crippen LogP contribution in [0.4, 0.5) is 0 Å². The first-order chi connectivity index (χ1) is 9.31. The summed E-state index contributed by atoms with van der Waals surface area (Å²) < 4.78 is 5.89. The molecule has 1 fully saturated rings. The maximum Gasteiger partial charge on any atom is 0.129 e. The second-order valence-corrected chi connectivity index (χ2v) is 5.39. The SMILES string of the molecule is Clc1ccc(C2CC(OCc3ccccc3)C2)cn1. The van der Waals surface area contributed by atoms with Crippen LogP contribution in [-0.2, 0) is 11.3 Å². The molecule has 3 rings (SSSR count). The van der Waals surface area contributed by atoms with Crippen molar-refractivity contribution in [3.05, 3.63) is 64.9 Å². The molecule has 0 spiro atoms. The van der Waals surface area contributed by atoms with E-state index in [0.29, 0.717) is 23.8 Å². The number of hydrogen-bond acceptors (Lipinski definition) is 2. The van der Waals surface area contributed by atoms with Crippen molar-refractivity contribution in [1.29, 1.82) is 0 Å². The normalized spacial score (nSPS) is 21.9. The molecule has 0 N–H and O–H groups in total. The molecule has 0 amide bonds. The quantitative estimate of drug-likeness (QED) is 0.779. The predicted molar refractivity (Wildman–Crippen MR) is 76.2 cm³/mol. The van der Waals surface area contributed by atoms with Gasteiger partial charge >= 0.3 is 0 Å². The van der Waals surface area contributed by atoms with Crippen LogP contribution in [-0.4, -0.2) is 11.1 Å². The third kappa shape index (κ3) is 3.14. The van der Waals surface area contributed by atoms with Gasteiger partial charge in [-0.15, -0.1) is 0 Å². The van der Waals surface area contributed by atoms with Gasteiger partial charge in [0.25, 0.3) is 0 Å². The number of aromatic nitrogens is 1. The predicted octanol–water partition coefficient (Wildman–Crippen LogP) is 4.20. The van der Waals surface area contributed by atoms with E-state index < -0.39 is 0 Å². The summed E-state index contributed by atoms with van der Waals surface area (Å²) in [5.41, 5.74) is 2.50. The van der Waals surface area contributed by atoms with E-state index in [1.807, 2.05) is 30.5 Å². The number of benzene rings is 1. The van der Waals surface area contributed by atoms with Gasteiger partial charge in [0.1, 0.15) is 5.15 Å². The van der Waals surface area contributed by atoms with E-state index in [-0.39, 0.29) is 0 Å². The van der Waals surface area contributed by atoms with E-state index in [4.69, 9.17) is 16.3 Å². The molecule has 0 saturated heterocycles. The molecule has 1 heterocycles. The maximum atomic E-state index is 5.89. The summed E-state index contributed by atoms with van der Waals surface area (Å²) >= 11 is 5.79. The van der Waals surface area contributed by atoms with Crippen LogP contribution in [0.25, 0.3) is 0 Å². The van der Waals surface area contributed by atoms with Gasteiger partial charge in [-0.3, -0.25) is 0 Å². The first-order valence-electron chi connectivity index (χ1n) is 6.58. The molecular weight excluding hydrogens is 258 g/mol. The Balaban J connectivity index is 1.47. The monoisotopic (exact) mass is 273 g/mol. The molecular formula is C16H16ClNO. The van der Waals surface area contributed by atoms with Crippen molar-refractivity contribution in [2.45, 2.75) is 31.5 Å². The molecule has 1 aromatic heterocycles. The van der Waals surface area contributed by atoms with Crippen LogP contribution < -0.4 is 0 Å². The zero-order chi connectivity index (χ0) is 13.1. The van der Waals surface area contributed by atoms with Crippen LogP contribution in [0.1, 0.15) is 29.9 Å². The molecule has 3 heteroatoms. The summed E-state index contributed by atoms with van der Waals surface area (Å²) in [5.74, 6) is 0.575. The average Bonchev–Trinajstić information content (AvgIpc) is 2.40. The van der Waals surface area contributed by atoms with Crippen molar-refractivity contribution in [1.82, 2.24) is 4.98 Å². The van der Waals surface area contributed by atoms with Crippen molar-refractivity contribution < 1.29 is 4.74 Å². The molecule has 0 bridgehead atoms. The highest BCUT2D eigenvalue weighted by Gasteiger charge is 2.31. The van der Waals surface area contributed by atoms with Gasteiger partial charge in [0.15, 0.2) is 0 Å². The lowest BCUT2D eigenvalue weighted by molar-refractivity contribution is -0.0207. The molecule has 2 nitrogen and oxygen atoms in total. The van der Waals surface area contributed by atoms with Gasteiger partial charge in [-0.2, -0.15) is 0 Å². The number of halogens is 1. The van der Waals surface area contributed by atoms with Gasteiger partial charge in [0.2, 0.25) is 0 Å². The summed E-state index contributed by atoms with van der Waals surface area (Å²) in [4.78, 5) is 4.13. The van der Waals surface area contributed by atoms with Crippen LogP contribution >= 0.6 is 11.6 Å². The molecule has 0 atom stereocenters. The maximum absolute atomic E-state index is 5.89. The lowest BCUT2D eigenvalue weighted by Gasteiger charge is -2.35. The fourth-order valence-corrected chi connectivity index (χ4v) is 2.50. The van der Waals surface area contributed by atoms with E-state index >= 15 is 0 Å². The summed E-state index contributed by atoms with van der Waals surface area (Å²) in [7, 11) is 0. The molecule has 19 heavy (non-hydrogen) atoms. The van der Waals surface area contributed by atoms with Crippen LogP contribution in [0.2, 0.25) is 5.15 Å². The largest absolute Gasteiger partial charge is 0.373 e. The fraction of sp³-hybridized carbons (Fsp3) is 0.312. The summed E-state index contributed by atoms with van der Waals surface area (Å²) in [6.45, 7) is 0.705. The van der Waals surface area contributed by atoms with Gasteiger partial charge in [0, 0.05) is 6.20 Å². The summed E-state index contributed by atoms with van der Waals surface area (Å²) in [6, 6.07) is 14.2. The first-order valence-corrected chi connectivity index (χ1v) is 6.96. The molecule has 98 valence electrons. The molecule has 0 unspecified atom stereocenters. The van der Waals surface area contributed by atoms with Crippen molar-refractivity contribution in [2.24, 2.45) is 0 Å². The number of hydrogen-bond donors (Lipinski definition) is 0. The smallest absolute Gasteiger partial charge is 0.129 e.